The molecular formula is C22H27ClN4O2. The molecule has 2 aliphatic rings. The van der Waals surface area contributed by atoms with Gasteiger partial charge in [0.15, 0.2) is 0 Å². The highest BCUT2D eigenvalue weighted by atomic mass is 35.5. The molecule has 1 aromatic heterocycles. The van der Waals surface area contributed by atoms with Crippen LogP contribution in [-0.4, -0.2) is 46.3 Å². The van der Waals surface area contributed by atoms with Crippen LogP contribution >= 0.6 is 11.6 Å². The Bertz CT molecular complexity index is 910. The molecule has 6 nitrogen and oxygen atoms in total. The Morgan fingerprint density at radius 2 is 1.86 bits per heavy atom. The van der Waals surface area contributed by atoms with Crippen molar-refractivity contribution in [3.05, 3.63) is 51.8 Å². The van der Waals surface area contributed by atoms with Crippen LogP contribution in [0.2, 0.25) is 5.02 Å². The lowest BCUT2D eigenvalue weighted by molar-refractivity contribution is -0.122. The average molecular weight is 415 g/mol. The third kappa shape index (κ3) is 4.87. The number of hydrogen-bond donors (Lipinski definition) is 1. The van der Waals surface area contributed by atoms with Gasteiger partial charge in [0, 0.05) is 29.2 Å². The van der Waals surface area contributed by atoms with Crippen LogP contribution in [0.25, 0.3) is 11.3 Å². The van der Waals surface area contributed by atoms with Crippen molar-refractivity contribution in [2.24, 2.45) is 5.92 Å². The van der Waals surface area contributed by atoms with Crippen LogP contribution in [0, 0.1) is 5.92 Å². The van der Waals surface area contributed by atoms with E-state index in [4.69, 9.17) is 11.6 Å². The van der Waals surface area contributed by atoms with Gasteiger partial charge in [-0.1, -0.05) is 30.2 Å². The van der Waals surface area contributed by atoms with Crippen molar-refractivity contribution in [3.63, 3.8) is 0 Å². The zero-order valence-corrected chi connectivity index (χ0v) is 17.3. The van der Waals surface area contributed by atoms with Crippen molar-refractivity contribution in [3.8, 4) is 11.3 Å². The Hall–Kier alpha value is -2.18. The maximum Gasteiger partial charge on any atom is 0.267 e. The van der Waals surface area contributed by atoms with Crippen LogP contribution < -0.4 is 10.9 Å². The first-order chi connectivity index (χ1) is 14.1. The summed E-state index contributed by atoms with van der Waals surface area (Å²) >= 11 is 5.93. The standard InChI is InChI=1S/C22H27ClN4O2/c23-18-8-6-16(7-9-18)19-10-11-22(29)27(25-19)15-21(28)24-14-17-4-3-13-26-12-2-1-5-20(17)26/h6-11,17,20H,1-5,12-15H2,(H,24,28). The van der Waals surface area contributed by atoms with E-state index in [1.165, 1.54) is 49.5 Å². The van der Waals surface area contributed by atoms with E-state index in [0.717, 1.165) is 12.0 Å². The summed E-state index contributed by atoms with van der Waals surface area (Å²) in [4.78, 5) is 27.3. The number of carbonyl (C=O) groups excluding carboxylic acids is 1. The van der Waals surface area contributed by atoms with Gasteiger partial charge in [0.05, 0.1) is 5.69 Å². The third-order valence-corrected chi connectivity index (χ3v) is 6.34. The largest absolute Gasteiger partial charge is 0.354 e. The number of nitrogens with one attached hydrogen (secondary N) is 1. The normalized spacial score (nSPS) is 22.1. The molecule has 2 aliphatic heterocycles. The Morgan fingerprint density at radius 3 is 2.69 bits per heavy atom. The third-order valence-electron chi connectivity index (χ3n) is 6.09. The molecule has 1 aromatic carbocycles. The van der Waals surface area contributed by atoms with E-state index >= 15 is 0 Å². The average Bonchev–Trinajstić information content (AvgIpc) is 2.74. The first-order valence-corrected chi connectivity index (χ1v) is 10.8. The second-order valence-electron chi connectivity index (χ2n) is 8.03. The van der Waals surface area contributed by atoms with Crippen LogP contribution in [0.15, 0.2) is 41.2 Å². The van der Waals surface area contributed by atoms with Gasteiger partial charge in [-0.25, -0.2) is 4.68 Å². The van der Waals surface area contributed by atoms with Crippen molar-refractivity contribution in [1.82, 2.24) is 20.0 Å². The minimum absolute atomic E-state index is 0.0681. The van der Waals surface area contributed by atoms with Crippen molar-refractivity contribution in [1.29, 1.82) is 0 Å². The predicted molar refractivity (Wildman–Crippen MR) is 114 cm³/mol. The Kier molecular flexibility index (Phi) is 6.31. The number of fused-ring (bicyclic) bond motifs is 1. The number of piperidine rings is 2. The second kappa shape index (κ2) is 9.09. The van der Waals surface area contributed by atoms with Gasteiger partial charge >= 0.3 is 0 Å². The zero-order valence-electron chi connectivity index (χ0n) is 16.5. The molecule has 0 spiro atoms. The molecule has 4 rings (SSSR count). The van der Waals surface area contributed by atoms with Gasteiger partial charge in [-0.3, -0.25) is 9.59 Å². The van der Waals surface area contributed by atoms with Gasteiger partial charge in [-0.2, -0.15) is 5.10 Å². The summed E-state index contributed by atoms with van der Waals surface area (Å²) in [5, 5.41) is 8.05. The topological polar surface area (TPSA) is 67.2 Å². The smallest absolute Gasteiger partial charge is 0.267 e. The van der Waals surface area contributed by atoms with Gasteiger partial charge in [0.1, 0.15) is 6.54 Å². The molecule has 1 N–H and O–H groups in total. The van der Waals surface area contributed by atoms with E-state index in [9.17, 15) is 9.59 Å². The van der Waals surface area contributed by atoms with Crippen LogP contribution in [0.1, 0.15) is 32.1 Å². The second-order valence-corrected chi connectivity index (χ2v) is 8.46. The van der Waals surface area contributed by atoms with E-state index in [1.54, 1.807) is 18.2 Å². The monoisotopic (exact) mass is 414 g/mol. The fraction of sp³-hybridized carbons (Fsp3) is 0.500. The van der Waals surface area contributed by atoms with Crippen molar-refractivity contribution in [2.75, 3.05) is 19.6 Å². The Balaban J connectivity index is 1.38. The molecular weight excluding hydrogens is 388 g/mol. The lowest BCUT2D eigenvalue weighted by atomic mass is 9.83. The summed E-state index contributed by atoms with van der Waals surface area (Å²) in [5.74, 6) is 0.332. The van der Waals surface area contributed by atoms with E-state index in [1.807, 2.05) is 12.1 Å². The zero-order chi connectivity index (χ0) is 20.2. The number of halogens is 1. The highest BCUT2D eigenvalue weighted by Crippen LogP contribution is 2.30. The molecule has 2 unspecified atom stereocenters. The van der Waals surface area contributed by atoms with Gasteiger partial charge < -0.3 is 10.2 Å². The lowest BCUT2D eigenvalue weighted by Crippen LogP contribution is -2.51. The fourth-order valence-electron chi connectivity index (χ4n) is 4.59. The minimum atomic E-state index is -0.283. The molecule has 0 bridgehead atoms. The Morgan fingerprint density at radius 1 is 1.07 bits per heavy atom. The van der Waals surface area contributed by atoms with E-state index in [-0.39, 0.29) is 18.0 Å². The quantitative estimate of drug-likeness (QED) is 0.816. The SMILES string of the molecule is O=C(Cn1nc(-c2ccc(Cl)cc2)ccc1=O)NCC1CCCN2CCCCC12. The summed E-state index contributed by atoms with van der Waals surface area (Å²) in [7, 11) is 0. The van der Waals surface area contributed by atoms with Crippen LogP contribution in [0.5, 0.6) is 0 Å². The minimum Gasteiger partial charge on any atom is -0.354 e. The molecule has 2 fully saturated rings. The van der Waals surface area contributed by atoms with E-state index in [0.29, 0.717) is 29.2 Å². The van der Waals surface area contributed by atoms with Gasteiger partial charge in [0.25, 0.3) is 5.56 Å². The van der Waals surface area contributed by atoms with Crippen LogP contribution in [0.3, 0.4) is 0 Å². The molecule has 7 heteroatoms. The lowest BCUT2D eigenvalue weighted by Gasteiger charge is -2.44. The molecule has 0 radical (unpaired) electrons. The maximum atomic E-state index is 12.5. The summed E-state index contributed by atoms with van der Waals surface area (Å²) in [6.45, 7) is 2.98. The number of rotatable bonds is 5. The molecule has 3 heterocycles. The molecule has 0 saturated carbocycles. The molecule has 154 valence electrons. The number of benzene rings is 1. The van der Waals surface area contributed by atoms with E-state index < -0.39 is 0 Å². The van der Waals surface area contributed by atoms with Crippen molar-refractivity contribution in [2.45, 2.75) is 44.7 Å². The molecule has 2 aromatic rings. The first-order valence-electron chi connectivity index (χ1n) is 10.4. The van der Waals surface area contributed by atoms with Crippen LogP contribution in [-0.2, 0) is 11.3 Å². The summed E-state index contributed by atoms with van der Waals surface area (Å²) in [6.07, 6.45) is 6.15. The van der Waals surface area contributed by atoms with Crippen LogP contribution in [0.4, 0.5) is 0 Å². The highest BCUT2D eigenvalue weighted by molar-refractivity contribution is 6.30. The van der Waals surface area contributed by atoms with Gasteiger partial charge in [0.2, 0.25) is 5.91 Å². The van der Waals surface area contributed by atoms with E-state index in [2.05, 4.69) is 15.3 Å². The fourth-order valence-corrected chi connectivity index (χ4v) is 4.71. The number of amides is 1. The predicted octanol–water partition coefficient (Wildman–Crippen LogP) is 2.94. The number of carbonyl (C=O) groups is 1. The number of aromatic nitrogens is 2. The number of nitrogens with zero attached hydrogens (tertiary/aromatic N) is 3. The Labute approximate surface area is 175 Å². The number of hydrogen-bond acceptors (Lipinski definition) is 4. The van der Waals surface area contributed by atoms with Gasteiger partial charge in [-0.05, 0) is 62.9 Å². The maximum absolute atomic E-state index is 12.5. The molecule has 0 aliphatic carbocycles. The molecule has 2 atom stereocenters. The summed E-state index contributed by atoms with van der Waals surface area (Å²) in [5.41, 5.74) is 1.20. The first kappa shape index (κ1) is 20.1. The summed E-state index contributed by atoms with van der Waals surface area (Å²) < 4.78 is 1.23. The summed E-state index contributed by atoms with van der Waals surface area (Å²) in [6, 6.07) is 11.0. The molecule has 29 heavy (non-hydrogen) atoms. The molecule has 2 saturated heterocycles. The van der Waals surface area contributed by atoms with Crippen molar-refractivity contribution < 1.29 is 4.79 Å². The van der Waals surface area contributed by atoms with Crippen molar-refractivity contribution >= 4 is 17.5 Å². The highest BCUT2D eigenvalue weighted by Gasteiger charge is 2.32. The van der Waals surface area contributed by atoms with Gasteiger partial charge in [-0.15, -0.1) is 0 Å². The molecule has 1 amide bonds.